The minimum absolute atomic E-state index is 0.107. The van der Waals surface area contributed by atoms with Gasteiger partial charge in [-0.3, -0.25) is 14.4 Å². The zero-order valence-electron chi connectivity index (χ0n) is 16.6. The number of carbonyl (C=O) groups is 4. The van der Waals surface area contributed by atoms with Gasteiger partial charge in [0.15, 0.2) is 10.2 Å². The first-order chi connectivity index (χ1) is 13.8. The van der Waals surface area contributed by atoms with Crippen LogP contribution in [0.1, 0.15) is 42.5 Å². The lowest BCUT2D eigenvalue weighted by atomic mass is 9.90. The smallest absolute Gasteiger partial charge is 0.326 e. The molecule has 0 radical (unpaired) electrons. The Morgan fingerprint density at radius 3 is 2.07 bits per heavy atom. The maximum atomic E-state index is 13.3. The van der Waals surface area contributed by atoms with Gasteiger partial charge in [0.2, 0.25) is 5.91 Å². The number of nitrogens with zero attached hydrogens (tertiary/aromatic N) is 1. The highest BCUT2D eigenvalue weighted by molar-refractivity contribution is 8.14. The second-order valence-corrected chi connectivity index (χ2v) is 9.96. The Morgan fingerprint density at radius 2 is 1.55 bits per heavy atom. The lowest BCUT2D eigenvalue weighted by molar-refractivity contribution is -0.152. The Hall–Kier alpha value is -1.80. The quantitative estimate of drug-likeness (QED) is 0.734. The molecule has 2 aliphatic rings. The first-order valence-electron chi connectivity index (χ1n) is 9.69. The Labute approximate surface area is 178 Å². The highest BCUT2D eigenvalue weighted by Crippen LogP contribution is 2.32. The maximum absolute atomic E-state index is 13.3. The van der Waals surface area contributed by atoms with E-state index in [0.29, 0.717) is 0 Å². The van der Waals surface area contributed by atoms with Crippen LogP contribution in [-0.4, -0.2) is 49.7 Å². The summed E-state index contributed by atoms with van der Waals surface area (Å²) in [6.45, 7) is 3.12. The van der Waals surface area contributed by atoms with Crippen LogP contribution in [0.2, 0.25) is 0 Å². The van der Waals surface area contributed by atoms with E-state index in [2.05, 4.69) is 12.1 Å². The standard InChI is InChI=1S/C21H25NO5S2/c1-12(23)28-10-18(11-29-13(2)24)20(25)22-9-17-7-15-5-3-4-14(15)6-16(17)8-19(22)21(26)27/h6-7,18-19H,3-5,8-11H2,1-2H3,(H,26,27). The lowest BCUT2D eigenvalue weighted by Gasteiger charge is -2.37. The second kappa shape index (κ2) is 9.34. The van der Waals surface area contributed by atoms with Crippen LogP contribution in [0.25, 0.3) is 0 Å². The Morgan fingerprint density at radius 1 is 1.00 bits per heavy atom. The van der Waals surface area contributed by atoms with Gasteiger partial charge in [-0.2, -0.15) is 0 Å². The fourth-order valence-electron chi connectivity index (χ4n) is 3.99. The molecule has 1 aromatic rings. The van der Waals surface area contributed by atoms with Crippen molar-refractivity contribution in [3.63, 3.8) is 0 Å². The second-order valence-electron chi connectivity index (χ2n) is 7.57. The summed E-state index contributed by atoms with van der Waals surface area (Å²) in [5.74, 6) is -1.42. The van der Waals surface area contributed by atoms with Crippen molar-refractivity contribution < 1.29 is 24.3 Å². The van der Waals surface area contributed by atoms with Gasteiger partial charge in [-0.25, -0.2) is 4.79 Å². The first-order valence-corrected chi connectivity index (χ1v) is 11.7. The molecule has 6 nitrogen and oxygen atoms in total. The molecule has 0 saturated heterocycles. The van der Waals surface area contributed by atoms with Crippen molar-refractivity contribution in [1.29, 1.82) is 0 Å². The van der Waals surface area contributed by atoms with Crippen LogP contribution < -0.4 is 0 Å². The van der Waals surface area contributed by atoms with Gasteiger partial charge in [-0.1, -0.05) is 35.7 Å². The van der Waals surface area contributed by atoms with Crippen LogP contribution in [0.15, 0.2) is 12.1 Å². The summed E-state index contributed by atoms with van der Waals surface area (Å²) in [7, 11) is 0. The molecule has 3 rings (SSSR count). The summed E-state index contributed by atoms with van der Waals surface area (Å²) in [6, 6.07) is 3.31. The molecule has 8 heteroatoms. The van der Waals surface area contributed by atoms with Gasteiger partial charge in [-0.15, -0.1) is 0 Å². The molecule has 1 unspecified atom stereocenters. The SMILES string of the molecule is CC(=O)SCC(CSC(C)=O)C(=O)N1Cc2cc3c(cc2CC1C(=O)O)CCC3. The maximum Gasteiger partial charge on any atom is 0.326 e. The molecule has 156 valence electrons. The normalized spacial score (nSPS) is 17.8. The summed E-state index contributed by atoms with van der Waals surface area (Å²) in [5.41, 5.74) is 4.60. The summed E-state index contributed by atoms with van der Waals surface area (Å²) in [5, 5.41) is 9.57. The minimum Gasteiger partial charge on any atom is -0.480 e. The number of aliphatic carboxylic acids is 1. The fourth-order valence-corrected chi connectivity index (χ4v) is 5.53. The van der Waals surface area contributed by atoms with E-state index in [1.807, 2.05) is 0 Å². The van der Waals surface area contributed by atoms with E-state index in [1.165, 1.54) is 29.9 Å². The number of carboxylic acids is 1. The summed E-state index contributed by atoms with van der Waals surface area (Å²) >= 11 is 2.07. The molecular formula is C21H25NO5S2. The largest absolute Gasteiger partial charge is 0.480 e. The molecular weight excluding hydrogens is 410 g/mol. The number of hydrogen-bond donors (Lipinski definition) is 1. The number of aryl methyl sites for hydroxylation is 2. The van der Waals surface area contributed by atoms with E-state index in [-0.39, 0.29) is 40.6 Å². The lowest BCUT2D eigenvalue weighted by Crippen LogP contribution is -2.51. The molecule has 1 N–H and O–H groups in total. The highest BCUT2D eigenvalue weighted by Gasteiger charge is 2.38. The number of fused-ring (bicyclic) bond motifs is 2. The van der Waals surface area contributed by atoms with Crippen LogP contribution in [0.4, 0.5) is 0 Å². The van der Waals surface area contributed by atoms with Gasteiger partial charge in [0.1, 0.15) is 6.04 Å². The third kappa shape index (κ3) is 5.22. The third-order valence-corrected chi connectivity index (χ3v) is 7.39. The minimum atomic E-state index is -1.03. The van der Waals surface area contributed by atoms with Gasteiger partial charge in [0.25, 0.3) is 0 Å². The predicted octanol–water partition coefficient (Wildman–Crippen LogP) is 2.69. The molecule has 0 saturated carbocycles. The van der Waals surface area contributed by atoms with Crippen LogP contribution in [0, 0.1) is 5.92 Å². The van der Waals surface area contributed by atoms with Crippen molar-refractivity contribution in [2.45, 2.75) is 52.1 Å². The summed E-state index contributed by atoms with van der Waals surface area (Å²) in [6.07, 6.45) is 3.44. The van der Waals surface area contributed by atoms with Crippen molar-refractivity contribution in [2.75, 3.05) is 11.5 Å². The molecule has 1 aromatic carbocycles. The fraction of sp³-hybridized carbons (Fsp3) is 0.524. The number of benzene rings is 1. The van der Waals surface area contributed by atoms with Crippen molar-refractivity contribution in [1.82, 2.24) is 4.90 Å². The molecule has 0 fully saturated rings. The van der Waals surface area contributed by atoms with Crippen LogP contribution >= 0.6 is 23.5 Å². The highest BCUT2D eigenvalue weighted by atomic mass is 32.2. The molecule has 0 spiro atoms. The van der Waals surface area contributed by atoms with Gasteiger partial charge in [0.05, 0.1) is 5.92 Å². The summed E-state index contributed by atoms with van der Waals surface area (Å²) < 4.78 is 0. The molecule has 1 aliphatic carbocycles. The third-order valence-electron chi connectivity index (χ3n) is 5.44. The zero-order chi connectivity index (χ0) is 21.1. The van der Waals surface area contributed by atoms with E-state index in [0.717, 1.165) is 53.9 Å². The van der Waals surface area contributed by atoms with Gasteiger partial charge in [-0.05, 0) is 41.5 Å². The summed E-state index contributed by atoms with van der Waals surface area (Å²) in [4.78, 5) is 49.5. The molecule has 1 heterocycles. The van der Waals surface area contributed by atoms with Crippen LogP contribution in [0.5, 0.6) is 0 Å². The number of thioether (sulfide) groups is 2. The van der Waals surface area contributed by atoms with Crippen LogP contribution in [-0.2, 0) is 45.0 Å². The number of rotatable bonds is 6. The molecule has 29 heavy (non-hydrogen) atoms. The molecule has 1 atom stereocenters. The first kappa shape index (κ1) is 21.9. The molecule has 1 amide bonds. The van der Waals surface area contributed by atoms with Crippen molar-refractivity contribution in [3.05, 3.63) is 34.4 Å². The van der Waals surface area contributed by atoms with E-state index in [1.54, 1.807) is 0 Å². The van der Waals surface area contributed by atoms with Gasteiger partial charge >= 0.3 is 5.97 Å². The Balaban J connectivity index is 1.86. The molecule has 0 bridgehead atoms. The van der Waals surface area contributed by atoms with Gasteiger partial charge in [0, 0.05) is 38.3 Å². The number of carboxylic acid groups (broad SMARTS) is 1. The number of hydrogen-bond acceptors (Lipinski definition) is 6. The van der Waals surface area contributed by atoms with Crippen molar-refractivity contribution in [2.24, 2.45) is 5.92 Å². The van der Waals surface area contributed by atoms with Crippen LogP contribution in [0.3, 0.4) is 0 Å². The Kier molecular flexibility index (Phi) is 7.05. The predicted molar refractivity (Wildman–Crippen MR) is 114 cm³/mol. The van der Waals surface area contributed by atoms with Gasteiger partial charge < -0.3 is 10.0 Å². The van der Waals surface area contributed by atoms with E-state index >= 15 is 0 Å². The average molecular weight is 436 g/mol. The zero-order valence-corrected chi connectivity index (χ0v) is 18.2. The van der Waals surface area contributed by atoms with Crippen molar-refractivity contribution in [3.8, 4) is 0 Å². The monoisotopic (exact) mass is 435 g/mol. The van der Waals surface area contributed by atoms with Crippen molar-refractivity contribution >= 4 is 45.6 Å². The van der Waals surface area contributed by atoms with E-state index in [4.69, 9.17) is 0 Å². The number of amides is 1. The molecule has 1 aliphatic heterocycles. The van der Waals surface area contributed by atoms with E-state index < -0.39 is 17.9 Å². The topological polar surface area (TPSA) is 91.8 Å². The van der Waals surface area contributed by atoms with E-state index in [9.17, 15) is 24.3 Å². The number of carbonyl (C=O) groups excluding carboxylic acids is 3. The Bertz CT molecular complexity index is 836. The average Bonchev–Trinajstić information content (AvgIpc) is 3.11. The molecule has 0 aromatic heterocycles.